The van der Waals surface area contributed by atoms with E-state index in [0.717, 1.165) is 16.8 Å². The van der Waals surface area contributed by atoms with Crippen molar-refractivity contribution in [1.82, 2.24) is 4.98 Å². The molecule has 1 heterocycles. The van der Waals surface area contributed by atoms with Crippen molar-refractivity contribution < 1.29 is 0 Å². The van der Waals surface area contributed by atoms with Crippen LogP contribution in [0.1, 0.15) is 0 Å². The first kappa shape index (κ1) is 9.48. The number of hydrogen-bond acceptors (Lipinski definition) is 4. The Morgan fingerprint density at radius 1 is 1.07 bits per heavy atom. The van der Waals surface area contributed by atoms with E-state index in [1.54, 1.807) is 6.20 Å². The predicted molar refractivity (Wildman–Crippen MR) is 61.9 cm³/mol. The zero-order valence-electron chi connectivity index (χ0n) is 8.14. The number of nitrogen functional groups attached to an aromatic ring is 2. The molecule has 5 N–H and O–H groups in total. The first-order chi connectivity index (χ1) is 7.29. The van der Waals surface area contributed by atoms with Gasteiger partial charge in [-0.15, -0.1) is 0 Å². The van der Waals surface area contributed by atoms with E-state index in [0.29, 0.717) is 5.82 Å². The molecule has 0 fully saturated rings. The molecule has 4 nitrogen and oxygen atoms in total. The van der Waals surface area contributed by atoms with Crippen molar-refractivity contribution >= 4 is 11.5 Å². The number of anilines is 2. The fourth-order valence-corrected chi connectivity index (χ4v) is 1.37. The second-order valence-electron chi connectivity index (χ2n) is 3.20. The van der Waals surface area contributed by atoms with E-state index in [1.165, 1.54) is 0 Å². The number of hydrogen-bond donors (Lipinski definition) is 3. The molecule has 2 rings (SSSR count). The molecule has 1 aromatic carbocycles. The molecule has 0 bridgehead atoms. The molecule has 0 unspecified atom stereocenters. The van der Waals surface area contributed by atoms with E-state index in [9.17, 15) is 0 Å². The first-order valence-corrected chi connectivity index (χ1v) is 4.58. The number of benzene rings is 1. The van der Waals surface area contributed by atoms with Gasteiger partial charge in [-0.3, -0.25) is 0 Å². The number of rotatable bonds is 2. The molecule has 0 aliphatic carbocycles. The second kappa shape index (κ2) is 3.98. The van der Waals surface area contributed by atoms with Crippen LogP contribution in [-0.2, 0) is 0 Å². The molecule has 4 heteroatoms. The highest BCUT2D eigenvalue weighted by molar-refractivity contribution is 5.67. The summed E-state index contributed by atoms with van der Waals surface area (Å²) in [5.41, 5.74) is 11.0. The summed E-state index contributed by atoms with van der Waals surface area (Å²) in [5.74, 6) is 5.87. The Bertz CT molecular complexity index is 450. The summed E-state index contributed by atoms with van der Waals surface area (Å²) in [7, 11) is 0. The number of hydrazine groups is 1. The van der Waals surface area contributed by atoms with Crippen molar-refractivity contribution in [3.8, 4) is 11.1 Å². The summed E-state index contributed by atoms with van der Waals surface area (Å²) < 4.78 is 0. The van der Waals surface area contributed by atoms with Gasteiger partial charge in [0.25, 0.3) is 0 Å². The van der Waals surface area contributed by atoms with Crippen LogP contribution in [0.25, 0.3) is 11.1 Å². The highest BCUT2D eigenvalue weighted by Crippen LogP contribution is 2.21. The van der Waals surface area contributed by atoms with E-state index in [1.807, 2.05) is 36.4 Å². The van der Waals surface area contributed by atoms with Gasteiger partial charge in [0.15, 0.2) is 0 Å². The van der Waals surface area contributed by atoms with E-state index in [2.05, 4.69) is 10.4 Å². The average molecular weight is 200 g/mol. The maximum absolute atomic E-state index is 5.70. The Morgan fingerprint density at radius 3 is 2.53 bits per heavy atom. The standard InChI is InChI=1S/C11H12N4/c12-10-3-1-2-8(6-10)9-4-5-11(15-13)14-7-9/h1-7H,12-13H2,(H,14,15). The predicted octanol–water partition coefficient (Wildman–Crippen LogP) is 1.62. The van der Waals surface area contributed by atoms with Gasteiger partial charge in [0.2, 0.25) is 0 Å². The number of pyridine rings is 1. The van der Waals surface area contributed by atoms with Crippen molar-refractivity contribution in [1.29, 1.82) is 0 Å². The Hall–Kier alpha value is -2.07. The van der Waals surface area contributed by atoms with E-state index in [4.69, 9.17) is 11.6 Å². The zero-order valence-corrected chi connectivity index (χ0v) is 8.14. The fourth-order valence-electron chi connectivity index (χ4n) is 1.37. The lowest BCUT2D eigenvalue weighted by Crippen LogP contribution is -2.07. The Kier molecular flexibility index (Phi) is 2.51. The highest BCUT2D eigenvalue weighted by atomic mass is 15.2. The quantitative estimate of drug-likeness (QED) is 0.391. The lowest BCUT2D eigenvalue weighted by atomic mass is 10.1. The minimum atomic E-state index is 0.641. The molecule has 0 saturated heterocycles. The van der Waals surface area contributed by atoms with Gasteiger partial charge in [-0.1, -0.05) is 12.1 Å². The smallest absolute Gasteiger partial charge is 0.139 e. The average Bonchev–Trinajstić information content (AvgIpc) is 2.29. The van der Waals surface area contributed by atoms with Crippen molar-refractivity contribution in [3.05, 3.63) is 42.6 Å². The van der Waals surface area contributed by atoms with E-state index >= 15 is 0 Å². The minimum absolute atomic E-state index is 0.641. The molecular formula is C11H12N4. The molecule has 15 heavy (non-hydrogen) atoms. The normalized spacial score (nSPS) is 9.93. The van der Waals surface area contributed by atoms with Crippen LogP contribution in [0.5, 0.6) is 0 Å². The molecule has 0 atom stereocenters. The van der Waals surface area contributed by atoms with Gasteiger partial charge in [-0.2, -0.15) is 0 Å². The van der Waals surface area contributed by atoms with Crippen molar-refractivity contribution in [2.45, 2.75) is 0 Å². The number of nitrogens with zero attached hydrogens (tertiary/aromatic N) is 1. The number of nitrogens with one attached hydrogen (secondary N) is 1. The van der Waals surface area contributed by atoms with Crippen LogP contribution >= 0.6 is 0 Å². The zero-order chi connectivity index (χ0) is 10.7. The topological polar surface area (TPSA) is 77.0 Å². The van der Waals surface area contributed by atoms with Gasteiger partial charge in [0.05, 0.1) is 0 Å². The molecular weight excluding hydrogens is 188 g/mol. The van der Waals surface area contributed by atoms with Gasteiger partial charge >= 0.3 is 0 Å². The molecule has 1 aromatic heterocycles. The number of aromatic nitrogens is 1. The lowest BCUT2D eigenvalue weighted by molar-refractivity contribution is 1.23. The van der Waals surface area contributed by atoms with Crippen LogP contribution in [0.2, 0.25) is 0 Å². The summed E-state index contributed by atoms with van der Waals surface area (Å²) in [5, 5.41) is 0. The lowest BCUT2D eigenvalue weighted by Gasteiger charge is -2.03. The van der Waals surface area contributed by atoms with Crippen LogP contribution < -0.4 is 17.0 Å². The van der Waals surface area contributed by atoms with Gasteiger partial charge in [-0.25, -0.2) is 10.8 Å². The Balaban J connectivity index is 2.37. The van der Waals surface area contributed by atoms with E-state index in [-0.39, 0.29) is 0 Å². The summed E-state index contributed by atoms with van der Waals surface area (Å²) in [4.78, 5) is 4.13. The maximum atomic E-state index is 5.70. The molecule has 0 saturated carbocycles. The minimum Gasteiger partial charge on any atom is -0.399 e. The van der Waals surface area contributed by atoms with Crippen LogP contribution in [-0.4, -0.2) is 4.98 Å². The molecule has 0 amide bonds. The molecule has 0 aliphatic heterocycles. The molecule has 2 aromatic rings. The Labute approximate surface area is 87.9 Å². The van der Waals surface area contributed by atoms with Crippen LogP contribution in [0.15, 0.2) is 42.6 Å². The number of nitrogens with two attached hydrogens (primary N) is 2. The monoisotopic (exact) mass is 200 g/mol. The molecule has 0 radical (unpaired) electrons. The summed E-state index contributed by atoms with van der Waals surface area (Å²) in [6.07, 6.45) is 1.75. The van der Waals surface area contributed by atoms with Crippen molar-refractivity contribution in [2.75, 3.05) is 11.2 Å². The SMILES string of the molecule is NNc1ccc(-c2cccc(N)c2)cn1. The van der Waals surface area contributed by atoms with Crippen LogP contribution in [0.3, 0.4) is 0 Å². The van der Waals surface area contributed by atoms with Gasteiger partial charge in [0.1, 0.15) is 5.82 Å². The van der Waals surface area contributed by atoms with Crippen LogP contribution in [0.4, 0.5) is 11.5 Å². The molecule has 0 aliphatic rings. The summed E-state index contributed by atoms with van der Waals surface area (Å²) >= 11 is 0. The first-order valence-electron chi connectivity index (χ1n) is 4.58. The third-order valence-electron chi connectivity index (χ3n) is 2.13. The second-order valence-corrected chi connectivity index (χ2v) is 3.20. The van der Waals surface area contributed by atoms with E-state index < -0.39 is 0 Å². The van der Waals surface area contributed by atoms with Gasteiger partial charge in [0, 0.05) is 17.4 Å². The fraction of sp³-hybridized carbons (Fsp3) is 0. The third kappa shape index (κ3) is 2.05. The summed E-state index contributed by atoms with van der Waals surface area (Å²) in [6, 6.07) is 11.4. The maximum Gasteiger partial charge on any atom is 0.139 e. The largest absolute Gasteiger partial charge is 0.399 e. The Morgan fingerprint density at radius 2 is 1.93 bits per heavy atom. The molecule has 0 spiro atoms. The van der Waals surface area contributed by atoms with Crippen molar-refractivity contribution in [3.63, 3.8) is 0 Å². The van der Waals surface area contributed by atoms with Gasteiger partial charge in [-0.05, 0) is 29.8 Å². The highest BCUT2D eigenvalue weighted by Gasteiger charge is 1.98. The molecule has 76 valence electrons. The third-order valence-corrected chi connectivity index (χ3v) is 2.13. The van der Waals surface area contributed by atoms with Crippen molar-refractivity contribution in [2.24, 2.45) is 5.84 Å². The van der Waals surface area contributed by atoms with Gasteiger partial charge < -0.3 is 11.2 Å². The summed E-state index contributed by atoms with van der Waals surface area (Å²) in [6.45, 7) is 0. The van der Waals surface area contributed by atoms with Crippen LogP contribution in [0, 0.1) is 0 Å².